The standard InChI is InChI=1S/C12H20N2/c1-2-8-13(7-1)11-5-6-12-14-9-3-4-10-14/h1-2,7-8H,3-6,9-12H2. The zero-order valence-electron chi connectivity index (χ0n) is 8.86. The Kier molecular flexibility index (Phi) is 3.64. The van der Waals surface area contributed by atoms with Crippen molar-refractivity contribution in [2.75, 3.05) is 19.6 Å². The monoisotopic (exact) mass is 192 g/mol. The molecule has 0 bridgehead atoms. The van der Waals surface area contributed by atoms with E-state index in [1.54, 1.807) is 0 Å². The molecule has 0 N–H and O–H groups in total. The minimum absolute atomic E-state index is 1.18. The van der Waals surface area contributed by atoms with Crippen LogP contribution in [0.3, 0.4) is 0 Å². The van der Waals surface area contributed by atoms with E-state index in [0.717, 1.165) is 0 Å². The number of nitrogens with zero attached hydrogens (tertiary/aromatic N) is 2. The van der Waals surface area contributed by atoms with Crippen molar-refractivity contribution < 1.29 is 0 Å². The first-order valence-corrected chi connectivity index (χ1v) is 5.78. The van der Waals surface area contributed by atoms with E-state index in [2.05, 4.69) is 34.0 Å². The number of aryl methyl sites for hydroxylation is 1. The molecule has 1 fully saturated rings. The van der Waals surface area contributed by atoms with Crippen LogP contribution in [0.1, 0.15) is 25.7 Å². The fourth-order valence-electron chi connectivity index (χ4n) is 2.16. The molecule has 2 heterocycles. The molecule has 1 aromatic heterocycles. The van der Waals surface area contributed by atoms with Crippen molar-refractivity contribution in [3.8, 4) is 0 Å². The van der Waals surface area contributed by atoms with E-state index in [1.165, 1.54) is 51.9 Å². The summed E-state index contributed by atoms with van der Waals surface area (Å²) in [5, 5.41) is 0. The van der Waals surface area contributed by atoms with Crippen molar-refractivity contribution in [1.29, 1.82) is 0 Å². The molecule has 2 nitrogen and oxygen atoms in total. The Labute approximate surface area is 86.5 Å². The smallest absolute Gasteiger partial charge is 0.0220 e. The molecule has 1 saturated heterocycles. The number of hydrogen-bond acceptors (Lipinski definition) is 1. The van der Waals surface area contributed by atoms with Gasteiger partial charge in [-0.2, -0.15) is 0 Å². The second kappa shape index (κ2) is 5.20. The molecule has 2 heteroatoms. The van der Waals surface area contributed by atoms with Crippen LogP contribution in [0.15, 0.2) is 24.5 Å². The summed E-state index contributed by atoms with van der Waals surface area (Å²) in [5.41, 5.74) is 0. The highest BCUT2D eigenvalue weighted by Gasteiger charge is 2.09. The Balaban J connectivity index is 1.55. The average molecular weight is 192 g/mol. The van der Waals surface area contributed by atoms with Gasteiger partial charge in [-0.25, -0.2) is 0 Å². The Morgan fingerprint density at radius 3 is 2.21 bits per heavy atom. The third kappa shape index (κ3) is 2.88. The fraction of sp³-hybridized carbons (Fsp3) is 0.667. The summed E-state index contributed by atoms with van der Waals surface area (Å²) in [6.07, 6.45) is 9.78. The lowest BCUT2D eigenvalue weighted by atomic mass is 10.3. The predicted molar refractivity (Wildman–Crippen MR) is 59.3 cm³/mol. The van der Waals surface area contributed by atoms with E-state index in [-0.39, 0.29) is 0 Å². The largest absolute Gasteiger partial charge is 0.354 e. The van der Waals surface area contributed by atoms with Crippen LogP contribution in [0.5, 0.6) is 0 Å². The average Bonchev–Trinajstić information content (AvgIpc) is 2.86. The molecule has 78 valence electrons. The minimum Gasteiger partial charge on any atom is -0.354 e. The zero-order chi connectivity index (χ0) is 9.64. The molecule has 1 aliphatic rings. The van der Waals surface area contributed by atoms with Crippen LogP contribution in [0, 0.1) is 0 Å². The molecule has 0 amide bonds. The lowest BCUT2D eigenvalue weighted by Gasteiger charge is -2.13. The summed E-state index contributed by atoms with van der Waals surface area (Å²) in [4.78, 5) is 2.59. The van der Waals surface area contributed by atoms with Crippen molar-refractivity contribution in [3.05, 3.63) is 24.5 Å². The second-order valence-corrected chi connectivity index (χ2v) is 4.18. The van der Waals surface area contributed by atoms with Gasteiger partial charge in [0, 0.05) is 18.9 Å². The highest BCUT2D eigenvalue weighted by Crippen LogP contribution is 2.08. The van der Waals surface area contributed by atoms with Gasteiger partial charge >= 0.3 is 0 Å². The maximum atomic E-state index is 2.59. The van der Waals surface area contributed by atoms with Crippen molar-refractivity contribution in [2.24, 2.45) is 0 Å². The van der Waals surface area contributed by atoms with Crippen LogP contribution >= 0.6 is 0 Å². The summed E-state index contributed by atoms with van der Waals surface area (Å²) >= 11 is 0. The highest BCUT2D eigenvalue weighted by atomic mass is 15.1. The minimum atomic E-state index is 1.18. The van der Waals surface area contributed by atoms with Crippen LogP contribution in [0.25, 0.3) is 0 Å². The molecule has 2 rings (SSSR count). The summed E-state index contributed by atoms with van der Waals surface area (Å²) in [5.74, 6) is 0. The van der Waals surface area contributed by atoms with Gasteiger partial charge in [0.1, 0.15) is 0 Å². The van der Waals surface area contributed by atoms with E-state index in [9.17, 15) is 0 Å². The van der Waals surface area contributed by atoms with E-state index >= 15 is 0 Å². The van der Waals surface area contributed by atoms with Crippen molar-refractivity contribution >= 4 is 0 Å². The summed E-state index contributed by atoms with van der Waals surface area (Å²) < 4.78 is 2.27. The topological polar surface area (TPSA) is 8.17 Å². The normalized spacial score (nSPS) is 17.7. The molecule has 0 atom stereocenters. The Hall–Kier alpha value is -0.760. The van der Waals surface area contributed by atoms with Crippen molar-refractivity contribution in [2.45, 2.75) is 32.2 Å². The number of hydrogen-bond donors (Lipinski definition) is 0. The molecule has 0 spiro atoms. The van der Waals surface area contributed by atoms with Gasteiger partial charge in [-0.3, -0.25) is 0 Å². The van der Waals surface area contributed by atoms with Crippen LogP contribution < -0.4 is 0 Å². The Bertz CT molecular complexity index is 235. The lowest BCUT2D eigenvalue weighted by molar-refractivity contribution is 0.326. The molecule has 1 aliphatic heterocycles. The maximum Gasteiger partial charge on any atom is 0.0220 e. The van der Waals surface area contributed by atoms with Crippen LogP contribution in [0.2, 0.25) is 0 Å². The quantitative estimate of drug-likeness (QED) is 0.650. The van der Waals surface area contributed by atoms with E-state index < -0.39 is 0 Å². The predicted octanol–water partition coefficient (Wildman–Crippen LogP) is 2.36. The summed E-state index contributed by atoms with van der Waals surface area (Å²) in [7, 11) is 0. The first-order valence-electron chi connectivity index (χ1n) is 5.78. The Morgan fingerprint density at radius 2 is 1.50 bits per heavy atom. The third-order valence-corrected chi connectivity index (χ3v) is 3.01. The van der Waals surface area contributed by atoms with E-state index in [4.69, 9.17) is 0 Å². The molecule has 1 aromatic rings. The van der Waals surface area contributed by atoms with Gasteiger partial charge in [0.25, 0.3) is 0 Å². The number of unbranched alkanes of at least 4 members (excludes halogenated alkanes) is 1. The fourth-order valence-corrected chi connectivity index (χ4v) is 2.16. The van der Waals surface area contributed by atoms with E-state index in [0.29, 0.717) is 0 Å². The number of rotatable bonds is 5. The van der Waals surface area contributed by atoms with Gasteiger partial charge < -0.3 is 9.47 Å². The molecule has 0 saturated carbocycles. The molecular formula is C12H20N2. The Morgan fingerprint density at radius 1 is 0.857 bits per heavy atom. The summed E-state index contributed by atoms with van der Waals surface area (Å²) in [6.45, 7) is 5.16. The van der Waals surface area contributed by atoms with E-state index in [1.807, 2.05) is 0 Å². The van der Waals surface area contributed by atoms with Gasteiger partial charge in [-0.15, -0.1) is 0 Å². The number of aromatic nitrogens is 1. The highest BCUT2D eigenvalue weighted by molar-refractivity contribution is 4.89. The molecule has 0 radical (unpaired) electrons. The van der Waals surface area contributed by atoms with Crippen molar-refractivity contribution in [3.63, 3.8) is 0 Å². The van der Waals surface area contributed by atoms with Crippen molar-refractivity contribution in [1.82, 2.24) is 9.47 Å². The molecular weight excluding hydrogens is 172 g/mol. The van der Waals surface area contributed by atoms with Gasteiger partial charge in [0.15, 0.2) is 0 Å². The van der Waals surface area contributed by atoms with Crippen LogP contribution in [-0.2, 0) is 6.54 Å². The second-order valence-electron chi connectivity index (χ2n) is 4.18. The number of likely N-dealkylation sites (tertiary alicyclic amines) is 1. The third-order valence-electron chi connectivity index (χ3n) is 3.01. The van der Waals surface area contributed by atoms with Gasteiger partial charge in [-0.05, 0) is 57.5 Å². The van der Waals surface area contributed by atoms with Crippen LogP contribution in [0.4, 0.5) is 0 Å². The summed E-state index contributed by atoms with van der Waals surface area (Å²) in [6, 6.07) is 4.20. The van der Waals surface area contributed by atoms with Gasteiger partial charge in [-0.1, -0.05) is 0 Å². The molecule has 0 aliphatic carbocycles. The van der Waals surface area contributed by atoms with Gasteiger partial charge in [0.2, 0.25) is 0 Å². The van der Waals surface area contributed by atoms with Crippen LogP contribution in [-0.4, -0.2) is 29.1 Å². The maximum absolute atomic E-state index is 2.59. The lowest BCUT2D eigenvalue weighted by Crippen LogP contribution is -2.20. The molecule has 0 aromatic carbocycles. The zero-order valence-corrected chi connectivity index (χ0v) is 8.86. The molecule has 14 heavy (non-hydrogen) atoms. The SMILES string of the molecule is c1ccn(CCCCN2CCCC2)c1. The van der Waals surface area contributed by atoms with Gasteiger partial charge in [0.05, 0.1) is 0 Å². The first kappa shape index (κ1) is 9.78. The molecule has 0 unspecified atom stereocenters. The first-order chi connectivity index (χ1) is 6.95.